The molecule has 6 heteroatoms. The Kier molecular flexibility index (Phi) is 2.49. The number of hydrogen-bond donors (Lipinski definition) is 1. The second-order valence-corrected chi connectivity index (χ2v) is 2.92. The normalized spacial score (nSPS) is 9.75. The Balaban J connectivity index is 2.91. The highest BCUT2D eigenvalue weighted by atomic mass is 32.1. The Hall–Kier alpha value is -1.30. The summed E-state index contributed by atoms with van der Waals surface area (Å²) in [6.45, 7) is -1.15. The monoisotopic (exact) mass is 189 g/mol. The third kappa shape index (κ3) is 1.65. The second-order valence-electron chi connectivity index (χ2n) is 1.89. The Morgan fingerprint density at radius 3 is 2.75 bits per heavy atom. The van der Waals surface area contributed by atoms with Crippen LogP contribution in [0.15, 0.2) is 6.20 Å². The molecule has 0 unspecified atom stereocenters. The summed E-state index contributed by atoms with van der Waals surface area (Å²) in [5.41, 5.74) is 0. The van der Waals surface area contributed by atoms with Gasteiger partial charge in [0, 0.05) is 0 Å². The summed E-state index contributed by atoms with van der Waals surface area (Å²) in [5.74, 6) is -1.95. The van der Waals surface area contributed by atoms with Crippen LogP contribution in [0, 0.1) is 0 Å². The number of carbonyl (C=O) groups is 2. The number of hydrogen-bond acceptors (Lipinski definition) is 4. The molecule has 1 rings (SSSR count). The third-order valence-electron chi connectivity index (χ3n) is 1.08. The van der Waals surface area contributed by atoms with Crippen LogP contribution >= 0.6 is 11.3 Å². The number of thiazole rings is 1. The van der Waals surface area contributed by atoms with Gasteiger partial charge in [0.15, 0.2) is 11.7 Å². The summed E-state index contributed by atoms with van der Waals surface area (Å²) in [5, 5.41) is 8.32. The van der Waals surface area contributed by atoms with Crippen molar-refractivity contribution >= 4 is 23.1 Å². The van der Waals surface area contributed by atoms with Crippen molar-refractivity contribution in [3.63, 3.8) is 0 Å². The van der Waals surface area contributed by atoms with E-state index in [0.29, 0.717) is 11.3 Å². The Morgan fingerprint density at radius 2 is 2.33 bits per heavy atom. The Bertz CT molecular complexity index is 322. The number of Topliss-reactive ketones (excluding diaryl/α,β-unsaturated/α-hetero) is 1. The highest BCUT2D eigenvalue weighted by Gasteiger charge is 2.13. The average Bonchev–Trinajstić information content (AvgIpc) is 2.51. The first kappa shape index (κ1) is 8.79. The molecular formula is C6H4FNO3S. The van der Waals surface area contributed by atoms with E-state index >= 15 is 0 Å². The van der Waals surface area contributed by atoms with Crippen LogP contribution in [0.2, 0.25) is 0 Å². The Labute approximate surface area is 70.7 Å². The lowest BCUT2D eigenvalue weighted by Crippen LogP contribution is -1.98. The predicted molar refractivity (Wildman–Crippen MR) is 39.4 cm³/mol. The first-order valence-electron chi connectivity index (χ1n) is 2.93. The molecule has 0 radical (unpaired) electrons. The van der Waals surface area contributed by atoms with Crippen LogP contribution in [-0.4, -0.2) is 28.5 Å². The van der Waals surface area contributed by atoms with Crippen LogP contribution in [0.25, 0.3) is 0 Å². The number of rotatable bonds is 3. The highest BCUT2D eigenvalue weighted by Crippen LogP contribution is 2.13. The standard InChI is InChI=1S/C6H4FNO3S/c7-1-3(9)5-8-2-4(12-5)6(10)11/h2H,1H2,(H,10,11). The van der Waals surface area contributed by atoms with Gasteiger partial charge in [-0.2, -0.15) is 0 Å². The fourth-order valence-corrected chi connectivity index (χ4v) is 1.23. The number of nitrogens with zero attached hydrogens (tertiary/aromatic N) is 1. The minimum atomic E-state index is -1.16. The number of halogens is 1. The van der Waals surface area contributed by atoms with Gasteiger partial charge in [-0.1, -0.05) is 0 Å². The van der Waals surface area contributed by atoms with Gasteiger partial charge in [0.1, 0.15) is 4.88 Å². The first-order valence-corrected chi connectivity index (χ1v) is 3.75. The molecule has 0 aromatic carbocycles. The maximum Gasteiger partial charge on any atom is 0.347 e. The lowest BCUT2D eigenvalue weighted by Gasteiger charge is -1.84. The summed E-state index contributed by atoms with van der Waals surface area (Å²) < 4.78 is 11.8. The van der Waals surface area contributed by atoms with E-state index in [2.05, 4.69) is 4.98 Å². The molecule has 0 fully saturated rings. The van der Waals surface area contributed by atoms with Crippen LogP contribution in [0.5, 0.6) is 0 Å². The highest BCUT2D eigenvalue weighted by molar-refractivity contribution is 7.15. The molecule has 0 amide bonds. The van der Waals surface area contributed by atoms with Crippen LogP contribution < -0.4 is 0 Å². The van der Waals surface area contributed by atoms with E-state index in [4.69, 9.17) is 5.11 Å². The summed E-state index contributed by atoms with van der Waals surface area (Å²) in [6.07, 6.45) is 1.04. The summed E-state index contributed by atoms with van der Waals surface area (Å²) in [4.78, 5) is 24.3. The van der Waals surface area contributed by atoms with Crippen molar-refractivity contribution in [2.75, 3.05) is 6.67 Å². The molecule has 0 saturated heterocycles. The molecule has 0 saturated carbocycles. The largest absolute Gasteiger partial charge is 0.477 e. The van der Waals surface area contributed by atoms with Gasteiger partial charge in [-0.15, -0.1) is 11.3 Å². The van der Waals surface area contributed by atoms with Crippen molar-refractivity contribution in [3.8, 4) is 0 Å². The quantitative estimate of drug-likeness (QED) is 0.720. The first-order chi connectivity index (χ1) is 5.65. The molecule has 4 nitrogen and oxygen atoms in total. The van der Waals surface area contributed by atoms with Gasteiger partial charge in [0.05, 0.1) is 6.20 Å². The van der Waals surface area contributed by atoms with Gasteiger partial charge in [-0.3, -0.25) is 4.79 Å². The van der Waals surface area contributed by atoms with E-state index in [-0.39, 0.29) is 9.88 Å². The predicted octanol–water partition coefficient (Wildman–Crippen LogP) is 0.994. The maximum absolute atomic E-state index is 11.8. The second kappa shape index (κ2) is 3.40. The molecule has 1 aromatic heterocycles. The zero-order valence-electron chi connectivity index (χ0n) is 5.78. The van der Waals surface area contributed by atoms with E-state index < -0.39 is 18.4 Å². The van der Waals surface area contributed by atoms with E-state index in [1.807, 2.05) is 0 Å². The summed E-state index contributed by atoms with van der Waals surface area (Å²) >= 11 is 0.673. The lowest BCUT2D eigenvalue weighted by atomic mass is 10.5. The molecule has 0 atom stereocenters. The van der Waals surface area contributed by atoms with Crippen molar-refractivity contribution in [2.45, 2.75) is 0 Å². The van der Waals surface area contributed by atoms with E-state index in [0.717, 1.165) is 6.20 Å². The third-order valence-corrected chi connectivity index (χ3v) is 2.10. The van der Waals surface area contributed by atoms with Crippen molar-refractivity contribution in [2.24, 2.45) is 0 Å². The lowest BCUT2D eigenvalue weighted by molar-refractivity contribution is 0.0701. The minimum absolute atomic E-state index is 0.0631. The number of ketones is 1. The smallest absolute Gasteiger partial charge is 0.347 e. The van der Waals surface area contributed by atoms with Gasteiger partial charge in [0.2, 0.25) is 5.78 Å². The fraction of sp³-hybridized carbons (Fsp3) is 0.167. The van der Waals surface area contributed by atoms with Gasteiger partial charge in [-0.05, 0) is 0 Å². The number of carboxylic acids is 1. The van der Waals surface area contributed by atoms with E-state index in [1.54, 1.807) is 0 Å². The summed E-state index contributed by atoms with van der Waals surface area (Å²) in [7, 11) is 0. The van der Waals surface area contributed by atoms with Crippen molar-refractivity contribution in [1.29, 1.82) is 0 Å². The van der Waals surface area contributed by atoms with Gasteiger partial charge < -0.3 is 5.11 Å². The zero-order chi connectivity index (χ0) is 9.14. The van der Waals surface area contributed by atoms with Crippen molar-refractivity contribution < 1.29 is 19.1 Å². The molecular weight excluding hydrogens is 185 g/mol. The molecule has 0 aliphatic rings. The van der Waals surface area contributed by atoms with Crippen LogP contribution in [0.3, 0.4) is 0 Å². The van der Waals surface area contributed by atoms with Crippen molar-refractivity contribution in [1.82, 2.24) is 4.98 Å². The SMILES string of the molecule is O=C(O)c1cnc(C(=O)CF)s1. The number of carboxylic acid groups (broad SMARTS) is 1. The Morgan fingerprint density at radius 1 is 1.67 bits per heavy atom. The van der Waals surface area contributed by atoms with Crippen LogP contribution in [-0.2, 0) is 0 Å². The van der Waals surface area contributed by atoms with Crippen LogP contribution in [0.4, 0.5) is 4.39 Å². The average molecular weight is 189 g/mol. The van der Waals surface area contributed by atoms with Gasteiger partial charge >= 0.3 is 5.97 Å². The molecule has 1 heterocycles. The van der Waals surface area contributed by atoms with Crippen LogP contribution in [0.1, 0.15) is 19.5 Å². The topological polar surface area (TPSA) is 67.3 Å². The van der Waals surface area contributed by atoms with Gasteiger partial charge in [-0.25, -0.2) is 14.2 Å². The number of aromatic carboxylic acids is 1. The molecule has 12 heavy (non-hydrogen) atoms. The number of carbonyl (C=O) groups excluding carboxylic acids is 1. The number of alkyl halides is 1. The zero-order valence-corrected chi connectivity index (χ0v) is 6.60. The molecule has 0 aliphatic carbocycles. The maximum atomic E-state index is 11.8. The minimum Gasteiger partial charge on any atom is -0.477 e. The molecule has 0 spiro atoms. The molecule has 1 N–H and O–H groups in total. The molecule has 64 valence electrons. The van der Waals surface area contributed by atoms with E-state index in [1.165, 1.54) is 0 Å². The molecule has 0 aliphatic heterocycles. The number of aromatic nitrogens is 1. The molecule has 0 bridgehead atoms. The molecule has 1 aromatic rings. The van der Waals surface area contributed by atoms with Crippen molar-refractivity contribution in [3.05, 3.63) is 16.1 Å². The van der Waals surface area contributed by atoms with Gasteiger partial charge in [0.25, 0.3) is 0 Å². The van der Waals surface area contributed by atoms with E-state index in [9.17, 15) is 14.0 Å². The fourth-order valence-electron chi connectivity index (χ4n) is 0.559. The summed E-state index contributed by atoms with van der Waals surface area (Å²) in [6, 6.07) is 0.